The fraction of sp³-hybridized carbons (Fsp3) is 0.556. The Morgan fingerprint density at radius 2 is 2.38 bits per heavy atom. The molecule has 1 aromatic rings. The van der Waals surface area contributed by atoms with Gasteiger partial charge in [-0.2, -0.15) is 5.10 Å². The molecule has 0 spiro atoms. The summed E-state index contributed by atoms with van der Waals surface area (Å²) in [5.41, 5.74) is 1.04. The molecule has 0 radical (unpaired) electrons. The van der Waals surface area contributed by atoms with Gasteiger partial charge in [0.05, 0.1) is 6.20 Å². The first-order valence-corrected chi connectivity index (χ1v) is 4.42. The number of aromatic nitrogens is 2. The van der Waals surface area contributed by atoms with E-state index in [1.54, 1.807) is 11.6 Å². The van der Waals surface area contributed by atoms with Crippen LogP contribution in [0.1, 0.15) is 35.8 Å². The van der Waals surface area contributed by atoms with E-state index in [4.69, 9.17) is 5.11 Å². The van der Waals surface area contributed by atoms with Gasteiger partial charge in [-0.15, -0.1) is 0 Å². The SMILES string of the molecule is CCCCn1ncc(C(=O)O)c1C. The average Bonchev–Trinajstić information content (AvgIpc) is 2.43. The summed E-state index contributed by atoms with van der Waals surface area (Å²) in [6.07, 6.45) is 3.52. The van der Waals surface area contributed by atoms with Crippen LogP contribution in [-0.2, 0) is 6.54 Å². The van der Waals surface area contributed by atoms with E-state index in [1.165, 1.54) is 6.20 Å². The van der Waals surface area contributed by atoms with Crippen molar-refractivity contribution in [2.45, 2.75) is 33.2 Å². The maximum absolute atomic E-state index is 10.7. The van der Waals surface area contributed by atoms with Crippen molar-refractivity contribution < 1.29 is 9.90 Å². The molecule has 1 aromatic heterocycles. The van der Waals surface area contributed by atoms with Gasteiger partial charge >= 0.3 is 5.97 Å². The summed E-state index contributed by atoms with van der Waals surface area (Å²) in [6, 6.07) is 0. The van der Waals surface area contributed by atoms with Crippen LogP contribution in [0, 0.1) is 6.92 Å². The molecule has 0 aliphatic carbocycles. The van der Waals surface area contributed by atoms with Crippen molar-refractivity contribution in [2.24, 2.45) is 0 Å². The number of hydrogen-bond donors (Lipinski definition) is 1. The Morgan fingerprint density at radius 1 is 1.69 bits per heavy atom. The molecule has 0 saturated heterocycles. The second-order valence-corrected chi connectivity index (χ2v) is 3.03. The molecule has 0 aliphatic rings. The first kappa shape index (κ1) is 9.77. The highest BCUT2D eigenvalue weighted by Gasteiger charge is 2.11. The van der Waals surface area contributed by atoms with E-state index in [0.717, 1.165) is 25.1 Å². The van der Waals surface area contributed by atoms with Crippen LogP contribution in [0.25, 0.3) is 0 Å². The molecule has 0 atom stereocenters. The quantitative estimate of drug-likeness (QED) is 0.770. The van der Waals surface area contributed by atoms with Crippen molar-refractivity contribution in [3.8, 4) is 0 Å². The molecule has 0 aliphatic heterocycles. The molecule has 1 heterocycles. The number of aryl methyl sites for hydroxylation is 1. The van der Waals surface area contributed by atoms with Gasteiger partial charge in [0, 0.05) is 12.2 Å². The summed E-state index contributed by atoms with van der Waals surface area (Å²) >= 11 is 0. The van der Waals surface area contributed by atoms with Crippen molar-refractivity contribution in [1.29, 1.82) is 0 Å². The van der Waals surface area contributed by atoms with Crippen LogP contribution < -0.4 is 0 Å². The average molecular weight is 182 g/mol. The van der Waals surface area contributed by atoms with Crippen LogP contribution in [0.3, 0.4) is 0 Å². The Bertz CT molecular complexity index is 305. The van der Waals surface area contributed by atoms with E-state index in [0.29, 0.717) is 5.56 Å². The number of nitrogens with zero attached hydrogens (tertiary/aromatic N) is 2. The third-order valence-electron chi connectivity index (χ3n) is 2.06. The van der Waals surface area contributed by atoms with E-state index in [-0.39, 0.29) is 0 Å². The molecule has 1 rings (SSSR count). The van der Waals surface area contributed by atoms with Gasteiger partial charge in [-0.25, -0.2) is 4.79 Å². The molecule has 13 heavy (non-hydrogen) atoms. The lowest BCUT2D eigenvalue weighted by Crippen LogP contribution is -2.04. The van der Waals surface area contributed by atoms with Crippen molar-refractivity contribution in [3.63, 3.8) is 0 Å². The number of aromatic carboxylic acids is 1. The molecule has 0 bridgehead atoms. The molecular formula is C9H14N2O2. The Kier molecular flexibility index (Phi) is 3.06. The van der Waals surface area contributed by atoms with Crippen LogP contribution in [0.5, 0.6) is 0 Å². The number of carboxylic acid groups (broad SMARTS) is 1. The molecular weight excluding hydrogens is 168 g/mol. The van der Waals surface area contributed by atoms with Gasteiger partial charge in [0.15, 0.2) is 0 Å². The third kappa shape index (κ3) is 2.08. The molecule has 0 fully saturated rings. The zero-order chi connectivity index (χ0) is 9.84. The molecule has 0 unspecified atom stereocenters. The Hall–Kier alpha value is -1.32. The summed E-state index contributed by atoms with van der Waals surface area (Å²) in [5.74, 6) is -0.903. The van der Waals surface area contributed by atoms with E-state index in [1.807, 2.05) is 0 Å². The van der Waals surface area contributed by atoms with Gasteiger partial charge in [-0.3, -0.25) is 4.68 Å². The smallest absolute Gasteiger partial charge is 0.339 e. The summed E-state index contributed by atoms with van der Waals surface area (Å²) in [5, 5.41) is 12.8. The standard InChI is InChI=1S/C9H14N2O2/c1-3-4-5-11-7(2)8(6-10-11)9(12)13/h6H,3-5H2,1-2H3,(H,12,13). The predicted octanol–water partition coefficient (Wildman–Crippen LogP) is 1.69. The molecule has 0 amide bonds. The van der Waals surface area contributed by atoms with Gasteiger partial charge in [-0.05, 0) is 13.3 Å². The zero-order valence-electron chi connectivity index (χ0n) is 7.95. The van der Waals surface area contributed by atoms with Crippen LogP contribution >= 0.6 is 0 Å². The zero-order valence-corrected chi connectivity index (χ0v) is 7.95. The lowest BCUT2D eigenvalue weighted by atomic mass is 10.2. The monoisotopic (exact) mass is 182 g/mol. The number of hydrogen-bond acceptors (Lipinski definition) is 2. The van der Waals surface area contributed by atoms with E-state index >= 15 is 0 Å². The van der Waals surface area contributed by atoms with Crippen molar-refractivity contribution in [2.75, 3.05) is 0 Å². The van der Waals surface area contributed by atoms with Crippen LogP contribution in [0.2, 0.25) is 0 Å². The van der Waals surface area contributed by atoms with Gasteiger partial charge in [-0.1, -0.05) is 13.3 Å². The number of carboxylic acids is 1. The highest BCUT2D eigenvalue weighted by atomic mass is 16.4. The predicted molar refractivity (Wildman–Crippen MR) is 48.8 cm³/mol. The molecule has 0 saturated carbocycles. The van der Waals surface area contributed by atoms with Crippen molar-refractivity contribution in [1.82, 2.24) is 9.78 Å². The molecule has 72 valence electrons. The minimum absolute atomic E-state index is 0.302. The number of carbonyl (C=O) groups is 1. The Morgan fingerprint density at radius 3 is 2.85 bits per heavy atom. The minimum Gasteiger partial charge on any atom is -0.478 e. The maximum atomic E-state index is 10.7. The molecule has 4 heteroatoms. The van der Waals surface area contributed by atoms with Gasteiger partial charge in [0.1, 0.15) is 5.56 Å². The van der Waals surface area contributed by atoms with E-state index in [9.17, 15) is 4.79 Å². The maximum Gasteiger partial charge on any atom is 0.339 e. The van der Waals surface area contributed by atoms with Gasteiger partial charge in [0.25, 0.3) is 0 Å². The lowest BCUT2D eigenvalue weighted by Gasteiger charge is -2.02. The highest BCUT2D eigenvalue weighted by Crippen LogP contribution is 2.07. The molecule has 0 aromatic carbocycles. The molecule has 1 N–H and O–H groups in total. The number of unbranched alkanes of at least 4 members (excludes halogenated alkanes) is 1. The first-order valence-electron chi connectivity index (χ1n) is 4.42. The second-order valence-electron chi connectivity index (χ2n) is 3.03. The van der Waals surface area contributed by atoms with Crippen LogP contribution in [0.15, 0.2) is 6.20 Å². The fourth-order valence-electron chi connectivity index (χ4n) is 1.19. The largest absolute Gasteiger partial charge is 0.478 e. The topological polar surface area (TPSA) is 55.1 Å². The van der Waals surface area contributed by atoms with E-state index in [2.05, 4.69) is 12.0 Å². The van der Waals surface area contributed by atoms with Crippen LogP contribution in [0.4, 0.5) is 0 Å². The Labute approximate surface area is 77.2 Å². The van der Waals surface area contributed by atoms with Gasteiger partial charge in [0.2, 0.25) is 0 Å². The normalized spacial score (nSPS) is 10.3. The molecule has 4 nitrogen and oxygen atoms in total. The third-order valence-corrected chi connectivity index (χ3v) is 2.06. The van der Waals surface area contributed by atoms with Gasteiger partial charge < -0.3 is 5.11 Å². The van der Waals surface area contributed by atoms with Crippen molar-refractivity contribution in [3.05, 3.63) is 17.5 Å². The van der Waals surface area contributed by atoms with Crippen LogP contribution in [-0.4, -0.2) is 20.9 Å². The minimum atomic E-state index is -0.903. The summed E-state index contributed by atoms with van der Waals surface area (Å²) in [4.78, 5) is 10.7. The fourth-order valence-corrected chi connectivity index (χ4v) is 1.19. The summed E-state index contributed by atoms with van der Waals surface area (Å²) in [7, 11) is 0. The lowest BCUT2D eigenvalue weighted by molar-refractivity contribution is 0.0696. The summed E-state index contributed by atoms with van der Waals surface area (Å²) < 4.78 is 1.74. The number of rotatable bonds is 4. The Balaban J connectivity index is 2.80. The van der Waals surface area contributed by atoms with E-state index < -0.39 is 5.97 Å². The first-order chi connectivity index (χ1) is 6.16. The van der Waals surface area contributed by atoms with Crippen molar-refractivity contribution >= 4 is 5.97 Å². The summed E-state index contributed by atoms with van der Waals surface area (Å²) in [6.45, 7) is 4.68. The second kappa shape index (κ2) is 4.07. The highest BCUT2D eigenvalue weighted by molar-refractivity contribution is 5.88.